The fourth-order valence-corrected chi connectivity index (χ4v) is 2.61. The van der Waals surface area contributed by atoms with E-state index in [9.17, 15) is 9.59 Å². The number of aliphatic carboxylic acids is 1. The molecule has 19 heavy (non-hydrogen) atoms. The van der Waals surface area contributed by atoms with Crippen LogP contribution in [-0.4, -0.2) is 35.6 Å². The molecule has 5 nitrogen and oxygen atoms in total. The molecule has 1 aliphatic rings. The van der Waals surface area contributed by atoms with Gasteiger partial charge in [-0.1, -0.05) is 27.7 Å². The van der Waals surface area contributed by atoms with Gasteiger partial charge in [0.2, 0.25) is 5.91 Å². The van der Waals surface area contributed by atoms with Crippen molar-refractivity contribution in [2.75, 3.05) is 6.54 Å². The van der Waals surface area contributed by atoms with Gasteiger partial charge in [0.05, 0.1) is 6.04 Å². The van der Waals surface area contributed by atoms with Crippen LogP contribution in [0.3, 0.4) is 0 Å². The number of hydrogen-bond acceptors (Lipinski definition) is 3. The van der Waals surface area contributed by atoms with Gasteiger partial charge in [0.15, 0.2) is 0 Å². The van der Waals surface area contributed by atoms with Crippen molar-refractivity contribution < 1.29 is 14.7 Å². The summed E-state index contributed by atoms with van der Waals surface area (Å²) in [5.74, 6) is -0.929. The van der Waals surface area contributed by atoms with Crippen molar-refractivity contribution in [3.63, 3.8) is 0 Å². The first kappa shape index (κ1) is 16.0. The lowest BCUT2D eigenvalue weighted by atomic mass is 9.77. The number of rotatable bonds is 5. The molecule has 0 radical (unpaired) electrons. The van der Waals surface area contributed by atoms with Gasteiger partial charge in [0.25, 0.3) is 0 Å². The number of hydrogen-bond donors (Lipinski definition) is 3. The zero-order valence-corrected chi connectivity index (χ0v) is 12.3. The number of carbonyl (C=O) groups is 2. The molecule has 1 unspecified atom stereocenters. The Labute approximate surface area is 115 Å². The van der Waals surface area contributed by atoms with E-state index in [0.717, 1.165) is 19.4 Å². The maximum atomic E-state index is 12.3. The Kier molecular flexibility index (Phi) is 5.35. The zero-order chi connectivity index (χ0) is 14.6. The second-order valence-corrected chi connectivity index (χ2v) is 6.51. The summed E-state index contributed by atoms with van der Waals surface area (Å²) in [6.45, 7) is 8.79. The number of piperidine rings is 1. The van der Waals surface area contributed by atoms with Gasteiger partial charge < -0.3 is 15.7 Å². The molecule has 110 valence electrons. The number of amides is 1. The number of carbonyl (C=O) groups excluding carboxylic acids is 1. The molecule has 0 saturated carbocycles. The molecule has 1 aliphatic heterocycles. The highest BCUT2D eigenvalue weighted by Gasteiger charge is 2.38. The van der Waals surface area contributed by atoms with Gasteiger partial charge in [0.1, 0.15) is 6.04 Å². The molecule has 0 aromatic rings. The van der Waals surface area contributed by atoms with Crippen LogP contribution in [-0.2, 0) is 9.59 Å². The number of carboxylic acid groups (broad SMARTS) is 1. The molecule has 3 N–H and O–H groups in total. The van der Waals surface area contributed by atoms with Crippen LogP contribution >= 0.6 is 0 Å². The Morgan fingerprint density at radius 3 is 2.53 bits per heavy atom. The summed E-state index contributed by atoms with van der Waals surface area (Å²) in [6.07, 6.45) is 2.47. The highest BCUT2D eigenvalue weighted by atomic mass is 16.4. The predicted octanol–water partition coefficient (Wildman–Crippen LogP) is 1.38. The summed E-state index contributed by atoms with van der Waals surface area (Å²) in [5, 5.41) is 15.0. The number of nitrogens with one attached hydrogen (secondary N) is 2. The predicted molar refractivity (Wildman–Crippen MR) is 73.8 cm³/mol. The molecule has 1 heterocycles. The molecule has 0 spiro atoms. The summed E-state index contributed by atoms with van der Waals surface area (Å²) >= 11 is 0. The van der Waals surface area contributed by atoms with Gasteiger partial charge in [-0.25, -0.2) is 4.79 Å². The van der Waals surface area contributed by atoms with E-state index in [1.165, 1.54) is 0 Å². The van der Waals surface area contributed by atoms with E-state index in [0.29, 0.717) is 6.42 Å². The van der Waals surface area contributed by atoms with Gasteiger partial charge >= 0.3 is 5.97 Å². The second-order valence-electron chi connectivity index (χ2n) is 6.51. The van der Waals surface area contributed by atoms with Crippen molar-refractivity contribution >= 4 is 11.9 Å². The standard InChI is InChI=1S/C14H26N2O3/c1-9(2)8-10(13(18)19)16-12(17)11-14(3,4)6-5-7-15-11/h9-11,15H,5-8H2,1-4H3,(H,16,17)(H,18,19)/t10-,11?/m0/s1. The van der Waals surface area contributed by atoms with Crippen molar-refractivity contribution in [3.05, 3.63) is 0 Å². The third-order valence-electron chi connectivity index (χ3n) is 3.71. The van der Waals surface area contributed by atoms with Gasteiger partial charge in [0, 0.05) is 0 Å². The van der Waals surface area contributed by atoms with E-state index in [2.05, 4.69) is 10.6 Å². The van der Waals surface area contributed by atoms with E-state index in [1.807, 2.05) is 27.7 Å². The number of carboxylic acids is 1. The first-order valence-corrected chi connectivity index (χ1v) is 7.00. The molecular formula is C14H26N2O3. The van der Waals surface area contributed by atoms with Crippen LogP contribution in [0, 0.1) is 11.3 Å². The molecule has 1 rings (SSSR count). The van der Waals surface area contributed by atoms with Crippen molar-refractivity contribution in [1.82, 2.24) is 10.6 Å². The van der Waals surface area contributed by atoms with Gasteiger partial charge in [-0.3, -0.25) is 4.79 Å². The van der Waals surface area contributed by atoms with Crippen molar-refractivity contribution in [1.29, 1.82) is 0 Å². The van der Waals surface area contributed by atoms with Crippen LogP contribution in [0.4, 0.5) is 0 Å². The summed E-state index contributed by atoms with van der Waals surface area (Å²) in [4.78, 5) is 23.5. The third kappa shape index (κ3) is 4.49. The molecule has 1 saturated heterocycles. The van der Waals surface area contributed by atoms with Gasteiger partial charge in [-0.15, -0.1) is 0 Å². The summed E-state index contributed by atoms with van der Waals surface area (Å²) in [6, 6.07) is -1.11. The van der Waals surface area contributed by atoms with E-state index in [-0.39, 0.29) is 23.3 Å². The molecular weight excluding hydrogens is 244 g/mol. The Hall–Kier alpha value is -1.10. The average Bonchev–Trinajstić information content (AvgIpc) is 2.26. The monoisotopic (exact) mass is 270 g/mol. The largest absolute Gasteiger partial charge is 0.480 e. The molecule has 2 atom stereocenters. The first-order valence-electron chi connectivity index (χ1n) is 7.00. The maximum absolute atomic E-state index is 12.3. The maximum Gasteiger partial charge on any atom is 0.326 e. The lowest BCUT2D eigenvalue weighted by Crippen LogP contribution is -2.58. The minimum atomic E-state index is -0.962. The highest BCUT2D eigenvalue weighted by molar-refractivity contribution is 5.87. The Morgan fingerprint density at radius 1 is 1.42 bits per heavy atom. The topological polar surface area (TPSA) is 78.4 Å². The zero-order valence-electron chi connectivity index (χ0n) is 12.3. The molecule has 5 heteroatoms. The molecule has 0 aliphatic carbocycles. The fourth-order valence-electron chi connectivity index (χ4n) is 2.61. The second kappa shape index (κ2) is 6.37. The molecule has 1 fully saturated rings. The summed E-state index contributed by atoms with van der Waals surface area (Å²) in [7, 11) is 0. The van der Waals surface area contributed by atoms with Crippen molar-refractivity contribution in [2.45, 2.75) is 59.0 Å². The molecule has 1 amide bonds. The highest BCUT2D eigenvalue weighted by Crippen LogP contribution is 2.30. The normalized spacial score (nSPS) is 23.9. The van der Waals surface area contributed by atoms with Crippen LogP contribution < -0.4 is 10.6 Å². The Balaban J connectivity index is 2.68. The van der Waals surface area contributed by atoms with Crippen LogP contribution in [0.5, 0.6) is 0 Å². The van der Waals surface area contributed by atoms with Crippen molar-refractivity contribution in [3.8, 4) is 0 Å². The third-order valence-corrected chi connectivity index (χ3v) is 3.71. The minimum absolute atomic E-state index is 0.136. The lowest BCUT2D eigenvalue weighted by Gasteiger charge is -2.38. The van der Waals surface area contributed by atoms with E-state index in [4.69, 9.17) is 5.11 Å². The first-order chi connectivity index (χ1) is 8.74. The van der Waals surface area contributed by atoms with Crippen LogP contribution in [0.25, 0.3) is 0 Å². The van der Waals surface area contributed by atoms with Crippen LogP contribution in [0.15, 0.2) is 0 Å². The molecule has 0 aromatic heterocycles. The van der Waals surface area contributed by atoms with E-state index in [1.54, 1.807) is 0 Å². The Morgan fingerprint density at radius 2 is 2.05 bits per heavy atom. The van der Waals surface area contributed by atoms with Crippen LogP contribution in [0.1, 0.15) is 47.0 Å². The Bertz CT molecular complexity index is 340. The quantitative estimate of drug-likeness (QED) is 0.705. The smallest absolute Gasteiger partial charge is 0.326 e. The summed E-state index contributed by atoms with van der Waals surface area (Å²) in [5.41, 5.74) is -0.136. The lowest BCUT2D eigenvalue weighted by molar-refractivity contribution is -0.143. The minimum Gasteiger partial charge on any atom is -0.480 e. The molecule has 0 bridgehead atoms. The summed E-state index contributed by atoms with van der Waals surface area (Å²) < 4.78 is 0. The SMILES string of the molecule is CC(C)C[C@H](NC(=O)C1NCCCC1(C)C)C(=O)O. The fraction of sp³-hybridized carbons (Fsp3) is 0.857. The average molecular weight is 270 g/mol. The molecule has 0 aromatic carbocycles. The van der Waals surface area contributed by atoms with Gasteiger partial charge in [-0.2, -0.15) is 0 Å². The van der Waals surface area contributed by atoms with Crippen LogP contribution in [0.2, 0.25) is 0 Å². The van der Waals surface area contributed by atoms with E-state index < -0.39 is 12.0 Å². The van der Waals surface area contributed by atoms with Gasteiger partial charge in [-0.05, 0) is 37.1 Å². The van der Waals surface area contributed by atoms with E-state index >= 15 is 0 Å². The van der Waals surface area contributed by atoms with Crippen molar-refractivity contribution in [2.24, 2.45) is 11.3 Å².